The Balaban J connectivity index is 1.70. The molecule has 92 valence electrons. The monoisotopic (exact) mass is 230 g/mol. The molecular formula is C15H22N2. The minimum Gasteiger partial charge on any atom is -0.399 e. The molecule has 2 heteroatoms. The van der Waals surface area contributed by atoms with Gasteiger partial charge in [0.1, 0.15) is 0 Å². The zero-order valence-electron chi connectivity index (χ0n) is 10.4. The van der Waals surface area contributed by atoms with Gasteiger partial charge in [-0.2, -0.15) is 0 Å². The number of anilines is 1. The second-order valence-electron chi connectivity index (χ2n) is 5.55. The zero-order valence-corrected chi connectivity index (χ0v) is 10.4. The molecule has 17 heavy (non-hydrogen) atoms. The van der Waals surface area contributed by atoms with Crippen molar-refractivity contribution in [3.8, 4) is 0 Å². The standard InChI is InChI=1S/C15H22N2/c16-12-7-8-14-11(10-12)6-9-15(14)17-13-4-2-1-3-5-13/h7-8,10,13,15,17H,1-6,9,16H2. The first-order valence-electron chi connectivity index (χ1n) is 6.97. The molecule has 0 radical (unpaired) electrons. The minimum absolute atomic E-state index is 0.577. The maximum absolute atomic E-state index is 5.84. The van der Waals surface area contributed by atoms with Crippen molar-refractivity contribution in [1.82, 2.24) is 5.32 Å². The molecule has 0 heterocycles. The fourth-order valence-corrected chi connectivity index (χ4v) is 3.36. The summed E-state index contributed by atoms with van der Waals surface area (Å²) < 4.78 is 0. The highest BCUT2D eigenvalue weighted by molar-refractivity contribution is 5.47. The molecule has 2 aliphatic carbocycles. The van der Waals surface area contributed by atoms with Gasteiger partial charge in [-0.05, 0) is 48.9 Å². The van der Waals surface area contributed by atoms with Crippen molar-refractivity contribution >= 4 is 5.69 Å². The highest BCUT2D eigenvalue weighted by Crippen LogP contribution is 2.33. The fraction of sp³-hybridized carbons (Fsp3) is 0.600. The lowest BCUT2D eigenvalue weighted by atomic mass is 9.94. The summed E-state index contributed by atoms with van der Waals surface area (Å²) in [5.74, 6) is 0. The first kappa shape index (κ1) is 11.1. The zero-order chi connectivity index (χ0) is 11.7. The molecule has 1 fully saturated rings. The second-order valence-corrected chi connectivity index (χ2v) is 5.55. The van der Waals surface area contributed by atoms with Crippen molar-refractivity contribution in [3.63, 3.8) is 0 Å². The predicted molar refractivity (Wildman–Crippen MR) is 71.9 cm³/mol. The van der Waals surface area contributed by atoms with Crippen LogP contribution in [0.1, 0.15) is 55.7 Å². The normalized spacial score (nSPS) is 24.8. The number of nitrogen functional groups attached to an aromatic ring is 1. The van der Waals surface area contributed by atoms with Crippen LogP contribution in [0.15, 0.2) is 18.2 Å². The first-order chi connectivity index (χ1) is 8.33. The average Bonchev–Trinajstić information content (AvgIpc) is 2.73. The first-order valence-corrected chi connectivity index (χ1v) is 6.97. The van der Waals surface area contributed by atoms with Crippen LogP contribution in [-0.4, -0.2) is 6.04 Å². The Morgan fingerprint density at radius 3 is 2.71 bits per heavy atom. The number of nitrogens with two attached hydrogens (primary N) is 1. The van der Waals surface area contributed by atoms with Crippen LogP contribution < -0.4 is 11.1 Å². The SMILES string of the molecule is Nc1ccc2c(c1)CCC2NC1CCCCC1. The van der Waals surface area contributed by atoms with E-state index in [1.54, 1.807) is 0 Å². The molecule has 1 aromatic rings. The number of hydrogen-bond acceptors (Lipinski definition) is 2. The number of nitrogens with one attached hydrogen (secondary N) is 1. The molecule has 0 bridgehead atoms. The van der Waals surface area contributed by atoms with E-state index >= 15 is 0 Å². The van der Waals surface area contributed by atoms with Gasteiger partial charge >= 0.3 is 0 Å². The Morgan fingerprint density at radius 2 is 1.88 bits per heavy atom. The number of benzene rings is 1. The average molecular weight is 230 g/mol. The molecule has 2 nitrogen and oxygen atoms in total. The van der Waals surface area contributed by atoms with Crippen molar-refractivity contribution in [1.29, 1.82) is 0 Å². The molecule has 3 rings (SSSR count). The molecule has 0 aromatic heterocycles. The van der Waals surface area contributed by atoms with Crippen LogP contribution in [0.25, 0.3) is 0 Å². The van der Waals surface area contributed by atoms with Crippen molar-refractivity contribution < 1.29 is 0 Å². The predicted octanol–water partition coefficient (Wildman–Crippen LogP) is 3.18. The summed E-state index contributed by atoms with van der Waals surface area (Å²) in [6.07, 6.45) is 9.38. The number of rotatable bonds is 2. The summed E-state index contributed by atoms with van der Waals surface area (Å²) in [5.41, 5.74) is 9.69. The van der Waals surface area contributed by atoms with Gasteiger partial charge in [0.05, 0.1) is 0 Å². The molecular weight excluding hydrogens is 208 g/mol. The highest BCUT2D eigenvalue weighted by atomic mass is 15.0. The van der Waals surface area contributed by atoms with E-state index in [1.165, 1.54) is 56.1 Å². The lowest BCUT2D eigenvalue weighted by Crippen LogP contribution is -2.33. The van der Waals surface area contributed by atoms with Crippen LogP contribution in [-0.2, 0) is 6.42 Å². The smallest absolute Gasteiger partial charge is 0.0328 e. The molecule has 1 saturated carbocycles. The Hall–Kier alpha value is -1.02. The van der Waals surface area contributed by atoms with Gasteiger partial charge in [-0.25, -0.2) is 0 Å². The summed E-state index contributed by atoms with van der Waals surface area (Å²) in [6, 6.07) is 7.74. The molecule has 0 saturated heterocycles. The maximum atomic E-state index is 5.84. The van der Waals surface area contributed by atoms with E-state index in [0.29, 0.717) is 6.04 Å². The van der Waals surface area contributed by atoms with Gasteiger partial charge in [-0.3, -0.25) is 0 Å². The summed E-state index contributed by atoms with van der Waals surface area (Å²) in [6.45, 7) is 0. The summed E-state index contributed by atoms with van der Waals surface area (Å²) >= 11 is 0. The topological polar surface area (TPSA) is 38.0 Å². The Bertz CT molecular complexity index is 394. The van der Waals surface area contributed by atoms with Crippen LogP contribution in [0.5, 0.6) is 0 Å². The Morgan fingerprint density at radius 1 is 1.06 bits per heavy atom. The third kappa shape index (κ3) is 2.32. The van der Waals surface area contributed by atoms with Crippen LogP contribution in [0.3, 0.4) is 0 Å². The number of aryl methyl sites for hydroxylation is 1. The van der Waals surface area contributed by atoms with Crippen LogP contribution in [0.4, 0.5) is 5.69 Å². The van der Waals surface area contributed by atoms with Crippen LogP contribution in [0.2, 0.25) is 0 Å². The lowest BCUT2D eigenvalue weighted by Gasteiger charge is -2.27. The van der Waals surface area contributed by atoms with E-state index in [-0.39, 0.29) is 0 Å². The van der Waals surface area contributed by atoms with Crippen LogP contribution in [0, 0.1) is 0 Å². The molecule has 1 unspecified atom stereocenters. The fourth-order valence-electron chi connectivity index (χ4n) is 3.36. The third-order valence-electron chi connectivity index (χ3n) is 4.29. The van der Waals surface area contributed by atoms with Crippen molar-refractivity contribution in [2.45, 2.75) is 57.0 Å². The van der Waals surface area contributed by atoms with Crippen molar-refractivity contribution in [3.05, 3.63) is 29.3 Å². The largest absolute Gasteiger partial charge is 0.399 e. The van der Waals surface area contributed by atoms with Crippen LogP contribution >= 0.6 is 0 Å². The molecule has 1 aromatic carbocycles. The molecule has 1 atom stereocenters. The van der Waals surface area contributed by atoms with Gasteiger partial charge < -0.3 is 11.1 Å². The molecule has 0 aliphatic heterocycles. The van der Waals surface area contributed by atoms with E-state index < -0.39 is 0 Å². The van der Waals surface area contributed by atoms with Gasteiger partial charge in [0.2, 0.25) is 0 Å². The van der Waals surface area contributed by atoms with Gasteiger partial charge in [-0.15, -0.1) is 0 Å². The summed E-state index contributed by atoms with van der Waals surface area (Å²) in [7, 11) is 0. The Labute approximate surface area is 104 Å². The van der Waals surface area contributed by atoms with Gasteiger partial charge in [0.15, 0.2) is 0 Å². The van der Waals surface area contributed by atoms with E-state index in [2.05, 4.69) is 17.4 Å². The number of fused-ring (bicyclic) bond motifs is 1. The van der Waals surface area contributed by atoms with Crippen molar-refractivity contribution in [2.75, 3.05) is 5.73 Å². The van der Waals surface area contributed by atoms with Gasteiger partial charge in [-0.1, -0.05) is 25.3 Å². The third-order valence-corrected chi connectivity index (χ3v) is 4.29. The van der Waals surface area contributed by atoms with Gasteiger partial charge in [0, 0.05) is 17.8 Å². The quantitative estimate of drug-likeness (QED) is 0.766. The molecule has 3 N–H and O–H groups in total. The van der Waals surface area contributed by atoms with E-state index in [0.717, 1.165) is 11.7 Å². The lowest BCUT2D eigenvalue weighted by molar-refractivity contribution is 0.337. The van der Waals surface area contributed by atoms with E-state index in [4.69, 9.17) is 5.73 Å². The maximum Gasteiger partial charge on any atom is 0.0328 e. The van der Waals surface area contributed by atoms with Crippen molar-refractivity contribution in [2.24, 2.45) is 0 Å². The number of hydrogen-bond donors (Lipinski definition) is 2. The molecule has 0 amide bonds. The molecule has 0 spiro atoms. The second kappa shape index (κ2) is 4.69. The minimum atomic E-state index is 0.577. The molecule has 2 aliphatic rings. The van der Waals surface area contributed by atoms with E-state index in [1.807, 2.05) is 6.07 Å². The summed E-state index contributed by atoms with van der Waals surface area (Å²) in [5, 5.41) is 3.85. The summed E-state index contributed by atoms with van der Waals surface area (Å²) in [4.78, 5) is 0. The van der Waals surface area contributed by atoms with Gasteiger partial charge in [0.25, 0.3) is 0 Å². The highest BCUT2D eigenvalue weighted by Gasteiger charge is 2.25. The Kier molecular flexibility index (Phi) is 3.06. The van der Waals surface area contributed by atoms with E-state index in [9.17, 15) is 0 Å².